The average Bonchev–Trinajstić information content (AvgIpc) is 3.58. The molecule has 6 rings (SSSR count). The molecule has 0 bridgehead atoms. The number of methoxy groups -OCH3 is 2. The maximum atomic E-state index is 13.6. The first-order chi connectivity index (χ1) is 19.9. The molecular formula is C28H27NO11S2. The third-order valence-corrected chi connectivity index (χ3v) is 10.5. The van der Waals surface area contributed by atoms with Crippen molar-refractivity contribution in [3.05, 3.63) is 65.2 Å². The summed E-state index contributed by atoms with van der Waals surface area (Å²) in [4.78, 5) is 13.0. The normalized spacial score (nSPS) is 22.7. The summed E-state index contributed by atoms with van der Waals surface area (Å²) in [6.45, 7) is -0.0173. The fourth-order valence-corrected chi connectivity index (χ4v) is 7.80. The summed E-state index contributed by atoms with van der Waals surface area (Å²) in [6, 6.07) is 10.5. The molecule has 3 aromatic rings. The Hall–Kier alpha value is -4.01. The maximum Gasteiger partial charge on any atom is 0.311 e. The highest BCUT2D eigenvalue weighted by atomic mass is 32.2. The summed E-state index contributed by atoms with van der Waals surface area (Å²) in [5.74, 6) is -1.56. The molecule has 1 aliphatic carbocycles. The van der Waals surface area contributed by atoms with Crippen molar-refractivity contribution in [2.45, 2.75) is 21.8 Å². The Kier molecular flexibility index (Phi) is 6.74. The van der Waals surface area contributed by atoms with E-state index in [9.17, 15) is 26.7 Å². The van der Waals surface area contributed by atoms with E-state index in [0.29, 0.717) is 28.2 Å². The molecule has 42 heavy (non-hydrogen) atoms. The highest BCUT2D eigenvalue weighted by Crippen LogP contribution is 2.55. The summed E-state index contributed by atoms with van der Waals surface area (Å²) in [6.07, 6.45) is 1.03. The van der Waals surface area contributed by atoms with Crippen LogP contribution in [0.2, 0.25) is 0 Å². The Morgan fingerprint density at radius 2 is 1.43 bits per heavy atom. The number of sulfonamides is 1. The Labute approximate surface area is 242 Å². The van der Waals surface area contributed by atoms with Crippen molar-refractivity contribution in [1.82, 2.24) is 4.72 Å². The Morgan fingerprint density at radius 1 is 0.857 bits per heavy atom. The monoisotopic (exact) mass is 617 g/mol. The summed E-state index contributed by atoms with van der Waals surface area (Å²) < 4.78 is 81.2. The van der Waals surface area contributed by atoms with Crippen LogP contribution in [0, 0.1) is 11.8 Å². The van der Waals surface area contributed by atoms with Crippen LogP contribution in [0.25, 0.3) is 0 Å². The first-order valence-electron chi connectivity index (χ1n) is 12.8. The lowest BCUT2D eigenvalue weighted by atomic mass is 9.65. The smallest absolute Gasteiger partial charge is 0.311 e. The lowest BCUT2D eigenvalue weighted by Gasteiger charge is -2.39. The maximum absolute atomic E-state index is 13.6. The number of rotatable bonds is 7. The van der Waals surface area contributed by atoms with Gasteiger partial charge in [0.1, 0.15) is 0 Å². The number of cyclic esters (lactones) is 1. The number of esters is 1. The zero-order chi connectivity index (χ0) is 30.0. The highest BCUT2D eigenvalue weighted by Gasteiger charge is 2.53. The van der Waals surface area contributed by atoms with Crippen molar-refractivity contribution in [3.8, 4) is 28.7 Å². The predicted octanol–water partition coefficient (Wildman–Crippen LogP) is 2.50. The van der Waals surface area contributed by atoms with E-state index >= 15 is 0 Å². The number of phenolic OH excluding ortho intramolecular Hbond substituents is 1. The third kappa shape index (κ3) is 4.59. The van der Waals surface area contributed by atoms with Crippen molar-refractivity contribution in [2.24, 2.45) is 11.8 Å². The minimum Gasteiger partial charge on any atom is -0.502 e. The Bertz CT molecular complexity index is 1780. The van der Waals surface area contributed by atoms with Crippen molar-refractivity contribution in [1.29, 1.82) is 0 Å². The minimum absolute atomic E-state index is 0.00877. The van der Waals surface area contributed by atoms with Crippen LogP contribution < -0.4 is 23.7 Å². The van der Waals surface area contributed by atoms with Gasteiger partial charge in [0.15, 0.2) is 32.8 Å². The van der Waals surface area contributed by atoms with Gasteiger partial charge in [-0.05, 0) is 65.2 Å². The van der Waals surface area contributed by atoms with E-state index in [2.05, 4.69) is 4.72 Å². The highest BCUT2D eigenvalue weighted by molar-refractivity contribution is 7.90. The molecule has 1 saturated heterocycles. The van der Waals surface area contributed by atoms with Crippen LogP contribution >= 0.6 is 0 Å². The zero-order valence-electron chi connectivity index (χ0n) is 22.7. The van der Waals surface area contributed by atoms with Crippen molar-refractivity contribution in [2.75, 3.05) is 33.9 Å². The van der Waals surface area contributed by atoms with Crippen LogP contribution in [-0.2, 0) is 29.4 Å². The van der Waals surface area contributed by atoms with Gasteiger partial charge in [0.25, 0.3) is 0 Å². The van der Waals surface area contributed by atoms with E-state index in [4.69, 9.17) is 23.7 Å². The minimum atomic E-state index is -4.25. The number of aromatic hydroxyl groups is 1. The van der Waals surface area contributed by atoms with Crippen molar-refractivity contribution in [3.63, 3.8) is 0 Å². The van der Waals surface area contributed by atoms with Gasteiger partial charge in [-0.1, -0.05) is 0 Å². The fourth-order valence-electron chi connectivity index (χ4n) is 5.93. The topological polar surface area (TPSA) is 164 Å². The van der Waals surface area contributed by atoms with E-state index < -0.39 is 49.6 Å². The molecular weight excluding hydrogens is 590 g/mol. The second-order valence-electron chi connectivity index (χ2n) is 10.2. The largest absolute Gasteiger partial charge is 0.502 e. The lowest BCUT2D eigenvalue weighted by Crippen LogP contribution is -2.43. The van der Waals surface area contributed by atoms with Crippen LogP contribution in [0.3, 0.4) is 0 Å². The van der Waals surface area contributed by atoms with Crippen LogP contribution in [0.15, 0.2) is 58.3 Å². The van der Waals surface area contributed by atoms with Crippen LogP contribution in [0.1, 0.15) is 28.7 Å². The molecule has 3 aromatic carbocycles. The molecule has 2 aliphatic heterocycles. The average molecular weight is 618 g/mol. The van der Waals surface area contributed by atoms with Gasteiger partial charge in [-0.15, -0.1) is 0 Å². The number of carbonyl (C=O) groups excluding carboxylic acids is 1. The molecule has 0 saturated carbocycles. The molecule has 0 radical (unpaired) electrons. The summed E-state index contributed by atoms with van der Waals surface area (Å²) in [5.41, 5.74) is 1.79. The molecule has 1 fully saturated rings. The molecule has 14 heteroatoms. The van der Waals surface area contributed by atoms with Crippen LogP contribution in [0.4, 0.5) is 0 Å². The van der Waals surface area contributed by atoms with Gasteiger partial charge in [-0.25, -0.2) is 21.6 Å². The summed E-state index contributed by atoms with van der Waals surface area (Å²) >= 11 is 0. The molecule has 12 nitrogen and oxygen atoms in total. The molecule has 0 amide bonds. The quantitative estimate of drug-likeness (QED) is 0.375. The standard InChI is InChI=1S/C28H27NO11S2/c1-36-22-8-14(9-23(37-2)27(22)30)24-17-10-20-21(40-13-39-20)11-18(17)26(25-19(24)12-38-28(25)31)29-42(34,35)16-6-4-15(5-7-16)41(3,32)33/h4-11,19,24-26,29-30H,12-13H2,1-3H3/t19-,24+,25+,26+/m0/s1. The number of carbonyl (C=O) groups is 1. The molecule has 0 aromatic heterocycles. The van der Waals surface area contributed by atoms with E-state index in [1.807, 2.05) is 0 Å². The summed E-state index contributed by atoms with van der Waals surface area (Å²) in [7, 11) is -4.97. The predicted molar refractivity (Wildman–Crippen MR) is 146 cm³/mol. The first-order valence-corrected chi connectivity index (χ1v) is 16.2. The Balaban J connectivity index is 1.50. The van der Waals surface area contributed by atoms with E-state index in [1.165, 1.54) is 38.5 Å². The van der Waals surface area contributed by atoms with Crippen molar-refractivity contribution >= 4 is 25.8 Å². The first kappa shape index (κ1) is 28.1. The van der Waals surface area contributed by atoms with Gasteiger partial charge < -0.3 is 28.8 Å². The number of benzene rings is 3. The molecule has 0 unspecified atom stereocenters. The summed E-state index contributed by atoms with van der Waals surface area (Å²) in [5, 5.41) is 10.5. The molecule has 222 valence electrons. The number of ether oxygens (including phenoxy) is 5. The molecule has 4 atom stereocenters. The van der Waals surface area contributed by atoms with E-state index in [0.717, 1.165) is 6.26 Å². The second kappa shape index (κ2) is 10.1. The van der Waals surface area contributed by atoms with Gasteiger partial charge >= 0.3 is 5.97 Å². The van der Waals surface area contributed by atoms with E-state index in [-0.39, 0.29) is 40.4 Å². The van der Waals surface area contributed by atoms with E-state index in [1.54, 1.807) is 24.3 Å². The fraction of sp³-hybridized carbons (Fsp3) is 0.321. The SMILES string of the molecule is COc1cc([C@@H]2c3cc4c(cc3[C@@H](NS(=O)(=O)c3ccc(S(C)(=O)=O)cc3)[C@@H]3C(=O)OC[C@@H]23)OCO4)cc(OC)c1O. The number of fused-ring (bicyclic) bond motifs is 3. The van der Waals surface area contributed by atoms with Gasteiger partial charge in [0, 0.05) is 18.1 Å². The second-order valence-corrected chi connectivity index (χ2v) is 14.0. The van der Waals surface area contributed by atoms with Gasteiger partial charge in [-0.2, -0.15) is 0 Å². The molecule has 2 N–H and O–H groups in total. The molecule has 0 spiro atoms. The van der Waals surface area contributed by atoms with Crippen molar-refractivity contribution < 1.29 is 50.4 Å². The number of hydrogen-bond acceptors (Lipinski definition) is 11. The van der Waals surface area contributed by atoms with Crippen LogP contribution in [0.5, 0.6) is 28.7 Å². The van der Waals surface area contributed by atoms with Gasteiger partial charge in [0.05, 0.1) is 42.6 Å². The van der Waals surface area contributed by atoms with Gasteiger partial charge in [0.2, 0.25) is 22.6 Å². The molecule has 2 heterocycles. The van der Waals surface area contributed by atoms with Crippen LogP contribution in [-0.4, -0.2) is 61.8 Å². The number of sulfone groups is 1. The third-order valence-electron chi connectivity index (χ3n) is 7.89. The lowest BCUT2D eigenvalue weighted by molar-refractivity contribution is -0.142. The van der Waals surface area contributed by atoms with Gasteiger partial charge in [-0.3, -0.25) is 4.79 Å². The number of hydrogen-bond donors (Lipinski definition) is 2. The Morgan fingerprint density at radius 3 is 2.00 bits per heavy atom. The zero-order valence-corrected chi connectivity index (χ0v) is 24.3. The number of nitrogens with one attached hydrogen (secondary N) is 1. The number of phenols is 1. The molecule has 3 aliphatic rings.